The fraction of sp³-hybridized carbons (Fsp3) is 0.667. The highest BCUT2D eigenvalue weighted by Crippen LogP contribution is 2.23. The van der Waals surface area contributed by atoms with E-state index in [9.17, 15) is 4.79 Å². The number of nitrogens with zero attached hydrogens (tertiary/aromatic N) is 2. The molecule has 0 spiro atoms. The minimum absolute atomic E-state index is 0.0450. The molecule has 4 nitrogen and oxygen atoms in total. The van der Waals surface area contributed by atoms with Gasteiger partial charge in [-0.3, -0.25) is 10.1 Å². The van der Waals surface area contributed by atoms with Crippen LogP contribution in [0.2, 0.25) is 0 Å². The van der Waals surface area contributed by atoms with E-state index >= 15 is 0 Å². The minimum atomic E-state index is -0.0450. The molecule has 1 aliphatic heterocycles. The number of carbonyl (C=O) groups is 1. The Morgan fingerprint density at radius 1 is 1.53 bits per heavy atom. The maximum Gasteiger partial charge on any atom is 0.239 e. The van der Waals surface area contributed by atoms with Crippen molar-refractivity contribution in [2.45, 2.75) is 39.3 Å². The fourth-order valence-corrected chi connectivity index (χ4v) is 3.22. The molecular formula is C12H19N3OS. The lowest BCUT2D eigenvalue weighted by molar-refractivity contribution is -0.128. The second kappa shape index (κ2) is 4.74. The zero-order chi connectivity index (χ0) is 12.6. The molecule has 1 aromatic rings. The standard InChI is InChI=1S/C12H19N3OS/c1-7(11-8(2)17-9(3)14-11)13-10-5-6-15(4)12(10)16/h7,10,13H,5-6H2,1-4H3. The van der Waals surface area contributed by atoms with Crippen LogP contribution in [0.3, 0.4) is 0 Å². The predicted molar refractivity (Wildman–Crippen MR) is 69.2 cm³/mol. The largest absolute Gasteiger partial charge is 0.344 e. The maximum absolute atomic E-state index is 11.8. The number of aryl methyl sites for hydroxylation is 2. The van der Waals surface area contributed by atoms with E-state index in [2.05, 4.69) is 24.1 Å². The molecule has 2 rings (SSSR count). The van der Waals surface area contributed by atoms with Gasteiger partial charge in [0.2, 0.25) is 5.91 Å². The Kier molecular flexibility index (Phi) is 3.49. The Bertz CT molecular complexity index is 429. The van der Waals surface area contributed by atoms with Gasteiger partial charge in [-0.2, -0.15) is 0 Å². The van der Waals surface area contributed by atoms with Gasteiger partial charge < -0.3 is 4.90 Å². The van der Waals surface area contributed by atoms with Crippen LogP contribution in [0.15, 0.2) is 0 Å². The van der Waals surface area contributed by atoms with Gasteiger partial charge in [0.1, 0.15) is 0 Å². The molecule has 0 saturated carbocycles. The van der Waals surface area contributed by atoms with Crippen LogP contribution in [0.25, 0.3) is 0 Å². The summed E-state index contributed by atoms with van der Waals surface area (Å²) in [6.07, 6.45) is 0.891. The van der Waals surface area contributed by atoms with Crippen molar-refractivity contribution in [2.24, 2.45) is 0 Å². The summed E-state index contributed by atoms with van der Waals surface area (Å²) in [4.78, 5) is 19.4. The third kappa shape index (κ3) is 2.50. The number of amides is 1. The maximum atomic E-state index is 11.8. The Balaban J connectivity index is 2.05. The van der Waals surface area contributed by atoms with Crippen molar-refractivity contribution in [3.63, 3.8) is 0 Å². The highest BCUT2D eigenvalue weighted by molar-refractivity contribution is 7.11. The van der Waals surface area contributed by atoms with Gasteiger partial charge in [-0.25, -0.2) is 4.98 Å². The monoisotopic (exact) mass is 253 g/mol. The first kappa shape index (κ1) is 12.5. The lowest BCUT2D eigenvalue weighted by Crippen LogP contribution is -2.38. The molecule has 0 aliphatic carbocycles. The van der Waals surface area contributed by atoms with Crippen LogP contribution in [0.4, 0.5) is 0 Å². The third-order valence-corrected chi connectivity index (χ3v) is 4.13. The molecule has 94 valence electrons. The van der Waals surface area contributed by atoms with Gasteiger partial charge in [0.05, 0.1) is 16.7 Å². The van der Waals surface area contributed by atoms with Gasteiger partial charge in [0.15, 0.2) is 0 Å². The normalized spacial score (nSPS) is 22.2. The van der Waals surface area contributed by atoms with E-state index in [0.29, 0.717) is 0 Å². The molecular weight excluding hydrogens is 234 g/mol. The van der Waals surface area contributed by atoms with Gasteiger partial charge in [-0.1, -0.05) is 0 Å². The van der Waals surface area contributed by atoms with Gasteiger partial charge in [-0.05, 0) is 27.2 Å². The van der Waals surface area contributed by atoms with E-state index in [1.165, 1.54) is 4.88 Å². The number of hydrogen-bond donors (Lipinski definition) is 1. The van der Waals surface area contributed by atoms with E-state index in [1.807, 2.05) is 14.0 Å². The zero-order valence-corrected chi connectivity index (χ0v) is 11.6. The molecule has 1 amide bonds. The quantitative estimate of drug-likeness (QED) is 0.890. The summed E-state index contributed by atoms with van der Waals surface area (Å²) in [6, 6.07) is 0.0943. The van der Waals surface area contributed by atoms with Crippen LogP contribution in [0, 0.1) is 13.8 Å². The number of aromatic nitrogens is 1. The van der Waals surface area contributed by atoms with E-state index in [-0.39, 0.29) is 18.0 Å². The van der Waals surface area contributed by atoms with Crippen molar-refractivity contribution in [1.82, 2.24) is 15.2 Å². The second-order valence-corrected chi connectivity index (χ2v) is 6.07. The summed E-state index contributed by atoms with van der Waals surface area (Å²) in [6.45, 7) is 7.02. The molecule has 1 aromatic heterocycles. The number of nitrogens with one attached hydrogen (secondary N) is 1. The van der Waals surface area contributed by atoms with E-state index in [0.717, 1.165) is 23.7 Å². The lowest BCUT2D eigenvalue weighted by Gasteiger charge is -2.17. The van der Waals surface area contributed by atoms with E-state index < -0.39 is 0 Å². The number of likely N-dealkylation sites (tertiary alicyclic amines) is 1. The SMILES string of the molecule is Cc1nc(C(C)NC2CCN(C)C2=O)c(C)s1. The molecule has 5 heteroatoms. The van der Waals surface area contributed by atoms with Crippen LogP contribution in [0.1, 0.15) is 35.0 Å². The highest BCUT2D eigenvalue weighted by Gasteiger charge is 2.30. The highest BCUT2D eigenvalue weighted by atomic mass is 32.1. The van der Waals surface area contributed by atoms with E-state index in [4.69, 9.17) is 0 Å². The van der Waals surface area contributed by atoms with Crippen LogP contribution in [-0.4, -0.2) is 35.4 Å². The summed E-state index contributed by atoms with van der Waals surface area (Å²) in [5, 5.41) is 4.47. The molecule has 0 bridgehead atoms. The Labute approximate surface area is 106 Å². The Hall–Kier alpha value is -0.940. The second-order valence-electron chi connectivity index (χ2n) is 4.66. The average Bonchev–Trinajstić information content (AvgIpc) is 2.75. The smallest absolute Gasteiger partial charge is 0.239 e. The molecule has 2 unspecified atom stereocenters. The molecule has 1 N–H and O–H groups in total. The zero-order valence-electron chi connectivity index (χ0n) is 10.8. The number of rotatable bonds is 3. The van der Waals surface area contributed by atoms with Crippen LogP contribution in [-0.2, 0) is 4.79 Å². The summed E-state index contributed by atoms with van der Waals surface area (Å²) in [7, 11) is 1.85. The van der Waals surface area contributed by atoms with Crippen molar-refractivity contribution < 1.29 is 4.79 Å². The topological polar surface area (TPSA) is 45.2 Å². The van der Waals surface area contributed by atoms with Gasteiger partial charge in [0.25, 0.3) is 0 Å². The summed E-state index contributed by atoms with van der Waals surface area (Å²) in [5.41, 5.74) is 1.08. The molecule has 17 heavy (non-hydrogen) atoms. The first-order valence-corrected chi connectivity index (χ1v) is 6.75. The van der Waals surface area contributed by atoms with Crippen molar-refractivity contribution in [2.75, 3.05) is 13.6 Å². The Morgan fingerprint density at radius 2 is 2.24 bits per heavy atom. The number of likely N-dealkylation sites (N-methyl/N-ethyl adjacent to an activating group) is 1. The average molecular weight is 253 g/mol. The van der Waals surface area contributed by atoms with Crippen molar-refractivity contribution in [1.29, 1.82) is 0 Å². The van der Waals surface area contributed by atoms with Gasteiger partial charge in [-0.15, -0.1) is 11.3 Å². The van der Waals surface area contributed by atoms with Crippen molar-refractivity contribution in [3.8, 4) is 0 Å². The Morgan fingerprint density at radius 3 is 2.71 bits per heavy atom. The summed E-state index contributed by atoms with van der Waals surface area (Å²) < 4.78 is 0. The number of carbonyl (C=O) groups excluding carboxylic acids is 1. The molecule has 0 aromatic carbocycles. The van der Waals surface area contributed by atoms with Crippen molar-refractivity contribution in [3.05, 3.63) is 15.6 Å². The molecule has 2 heterocycles. The van der Waals surface area contributed by atoms with Crippen LogP contribution >= 0.6 is 11.3 Å². The molecule has 1 saturated heterocycles. The van der Waals surface area contributed by atoms with Crippen LogP contribution in [0.5, 0.6) is 0 Å². The first-order chi connectivity index (χ1) is 7.99. The molecule has 2 atom stereocenters. The molecule has 1 fully saturated rings. The first-order valence-electron chi connectivity index (χ1n) is 5.94. The minimum Gasteiger partial charge on any atom is -0.344 e. The summed E-state index contributed by atoms with van der Waals surface area (Å²) in [5.74, 6) is 0.196. The predicted octanol–water partition coefficient (Wildman–Crippen LogP) is 1.64. The number of thiazole rings is 1. The molecule has 1 aliphatic rings. The number of hydrogen-bond acceptors (Lipinski definition) is 4. The molecule has 0 radical (unpaired) electrons. The third-order valence-electron chi connectivity index (χ3n) is 3.23. The van der Waals surface area contributed by atoms with Gasteiger partial charge >= 0.3 is 0 Å². The lowest BCUT2D eigenvalue weighted by atomic mass is 10.1. The van der Waals surface area contributed by atoms with Crippen molar-refractivity contribution >= 4 is 17.2 Å². The fourth-order valence-electron chi connectivity index (χ4n) is 2.30. The van der Waals surface area contributed by atoms with Gasteiger partial charge in [0, 0.05) is 24.5 Å². The summed E-state index contributed by atoms with van der Waals surface area (Å²) >= 11 is 1.71. The van der Waals surface area contributed by atoms with E-state index in [1.54, 1.807) is 16.2 Å². The van der Waals surface area contributed by atoms with Crippen LogP contribution < -0.4 is 5.32 Å².